The largest absolute Gasteiger partial charge is 0.387 e. The molecule has 4 nitrogen and oxygen atoms in total. The molecular weight excluding hydrogens is 259 g/mol. The van der Waals surface area contributed by atoms with Gasteiger partial charge in [-0.05, 0) is 30.5 Å². The summed E-state index contributed by atoms with van der Waals surface area (Å²) in [6, 6.07) is 6.79. The van der Waals surface area contributed by atoms with E-state index in [9.17, 15) is 9.18 Å². The summed E-state index contributed by atoms with van der Waals surface area (Å²) in [5, 5.41) is 8.87. The van der Waals surface area contributed by atoms with Crippen molar-refractivity contribution < 1.29 is 14.3 Å². The van der Waals surface area contributed by atoms with Crippen molar-refractivity contribution in [3.8, 4) is 0 Å². The van der Waals surface area contributed by atoms with E-state index >= 15 is 0 Å². The van der Waals surface area contributed by atoms with E-state index in [1.165, 1.54) is 12.1 Å². The van der Waals surface area contributed by atoms with Crippen LogP contribution in [0.4, 0.5) is 4.39 Å². The molecule has 1 heterocycles. The van der Waals surface area contributed by atoms with Crippen LogP contribution in [-0.2, 0) is 11.3 Å². The summed E-state index contributed by atoms with van der Waals surface area (Å²) in [5.74, 6) is -0.432. The number of carbonyl (C=O) groups is 1. The standard InChI is InChI=1S/C15H21FN2O2/c1-17(15(20)11-19)14-6-8-18(9-7-14)10-12-2-4-13(16)5-3-12/h2-5,14,19H,6-11H2,1H3. The van der Waals surface area contributed by atoms with Crippen molar-refractivity contribution in [1.82, 2.24) is 9.80 Å². The number of likely N-dealkylation sites (tertiary alicyclic amines) is 1. The number of rotatable bonds is 4. The Morgan fingerprint density at radius 3 is 2.50 bits per heavy atom. The molecule has 0 bridgehead atoms. The van der Waals surface area contributed by atoms with Gasteiger partial charge in [-0.1, -0.05) is 12.1 Å². The fraction of sp³-hybridized carbons (Fsp3) is 0.533. The Morgan fingerprint density at radius 1 is 1.35 bits per heavy atom. The van der Waals surface area contributed by atoms with Gasteiger partial charge in [-0.25, -0.2) is 4.39 Å². The molecule has 0 aromatic heterocycles. The maximum Gasteiger partial charge on any atom is 0.248 e. The highest BCUT2D eigenvalue weighted by atomic mass is 19.1. The molecule has 0 atom stereocenters. The van der Waals surface area contributed by atoms with Gasteiger partial charge in [-0.3, -0.25) is 9.69 Å². The van der Waals surface area contributed by atoms with E-state index in [0.29, 0.717) is 0 Å². The van der Waals surface area contributed by atoms with Crippen LogP contribution >= 0.6 is 0 Å². The first-order valence-electron chi connectivity index (χ1n) is 6.93. The molecule has 5 heteroatoms. The van der Waals surface area contributed by atoms with Gasteiger partial charge in [0.05, 0.1) is 0 Å². The molecule has 0 spiro atoms. The van der Waals surface area contributed by atoms with Crippen LogP contribution in [0.5, 0.6) is 0 Å². The molecule has 1 fully saturated rings. The lowest BCUT2D eigenvalue weighted by atomic mass is 10.0. The van der Waals surface area contributed by atoms with Crippen molar-refractivity contribution in [2.24, 2.45) is 0 Å². The lowest BCUT2D eigenvalue weighted by molar-refractivity contribution is -0.135. The zero-order valence-corrected chi connectivity index (χ0v) is 11.8. The van der Waals surface area contributed by atoms with Gasteiger partial charge in [0.15, 0.2) is 0 Å². The van der Waals surface area contributed by atoms with Crippen molar-refractivity contribution in [3.05, 3.63) is 35.6 Å². The highest BCUT2D eigenvalue weighted by Crippen LogP contribution is 2.17. The SMILES string of the molecule is CN(C(=O)CO)C1CCN(Cc2ccc(F)cc2)CC1. The zero-order valence-electron chi connectivity index (χ0n) is 11.8. The van der Waals surface area contributed by atoms with Crippen LogP contribution in [-0.4, -0.2) is 53.6 Å². The van der Waals surface area contributed by atoms with Crippen molar-refractivity contribution in [2.75, 3.05) is 26.7 Å². The molecule has 110 valence electrons. The summed E-state index contributed by atoms with van der Waals surface area (Å²) in [7, 11) is 1.75. The Kier molecular flexibility index (Phi) is 5.09. The first-order chi connectivity index (χ1) is 9.60. The number of halogens is 1. The summed E-state index contributed by atoms with van der Waals surface area (Å²) in [5.41, 5.74) is 1.10. The van der Waals surface area contributed by atoms with Gasteiger partial charge in [-0.2, -0.15) is 0 Å². The van der Waals surface area contributed by atoms with Gasteiger partial charge >= 0.3 is 0 Å². The van der Waals surface area contributed by atoms with E-state index in [1.54, 1.807) is 11.9 Å². The third-order valence-corrected chi connectivity index (χ3v) is 3.95. The summed E-state index contributed by atoms with van der Waals surface area (Å²) in [4.78, 5) is 15.4. The number of aliphatic hydroxyl groups excluding tert-OH is 1. The number of piperidine rings is 1. The number of benzene rings is 1. The van der Waals surface area contributed by atoms with E-state index in [1.807, 2.05) is 12.1 Å². The van der Waals surface area contributed by atoms with Gasteiger partial charge in [0.25, 0.3) is 0 Å². The van der Waals surface area contributed by atoms with Crippen molar-refractivity contribution in [3.63, 3.8) is 0 Å². The number of carbonyl (C=O) groups excluding carboxylic acids is 1. The Morgan fingerprint density at radius 2 is 1.95 bits per heavy atom. The molecule has 1 aliphatic rings. The van der Waals surface area contributed by atoms with Crippen LogP contribution < -0.4 is 0 Å². The lowest BCUT2D eigenvalue weighted by Crippen LogP contribution is -2.46. The number of aliphatic hydroxyl groups is 1. The molecule has 1 amide bonds. The molecule has 1 saturated heterocycles. The zero-order chi connectivity index (χ0) is 14.5. The van der Waals surface area contributed by atoms with Gasteiger partial charge in [0, 0.05) is 32.7 Å². The number of hydrogen-bond donors (Lipinski definition) is 1. The van der Waals surface area contributed by atoms with E-state index in [-0.39, 0.29) is 17.8 Å². The van der Waals surface area contributed by atoms with E-state index in [2.05, 4.69) is 4.90 Å². The minimum Gasteiger partial charge on any atom is -0.387 e. The molecule has 1 aliphatic heterocycles. The molecule has 0 aliphatic carbocycles. The first-order valence-corrected chi connectivity index (χ1v) is 6.93. The maximum absolute atomic E-state index is 12.8. The highest BCUT2D eigenvalue weighted by molar-refractivity contribution is 5.77. The average molecular weight is 280 g/mol. The Balaban J connectivity index is 1.82. The third-order valence-electron chi connectivity index (χ3n) is 3.95. The van der Waals surface area contributed by atoms with Gasteiger partial charge in [0.1, 0.15) is 12.4 Å². The molecule has 0 radical (unpaired) electrons. The van der Waals surface area contributed by atoms with Crippen LogP contribution in [0.2, 0.25) is 0 Å². The van der Waals surface area contributed by atoms with Crippen LogP contribution in [0.25, 0.3) is 0 Å². The highest BCUT2D eigenvalue weighted by Gasteiger charge is 2.24. The predicted molar refractivity (Wildman–Crippen MR) is 74.6 cm³/mol. The van der Waals surface area contributed by atoms with Gasteiger partial charge in [-0.15, -0.1) is 0 Å². The Labute approximate surface area is 118 Å². The van der Waals surface area contributed by atoms with Crippen molar-refractivity contribution in [1.29, 1.82) is 0 Å². The molecule has 20 heavy (non-hydrogen) atoms. The normalized spacial score (nSPS) is 17.1. The maximum atomic E-state index is 12.8. The molecule has 0 unspecified atom stereocenters. The molecule has 1 N–H and O–H groups in total. The minimum atomic E-state index is -0.424. The van der Waals surface area contributed by atoms with Gasteiger partial charge < -0.3 is 10.0 Å². The van der Waals surface area contributed by atoms with Crippen LogP contribution in [0.3, 0.4) is 0 Å². The van der Waals surface area contributed by atoms with Crippen LogP contribution in [0, 0.1) is 5.82 Å². The second kappa shape index (κ2) is 6.81. The number of hydrogen-bond acceptors (Lipinski definition) is 3. The number of amides is 1. The summed E-state index contributed by atoms with van der Waals surface area (Å²) in [6.07, 6.45) is 1.81. The van der Waals surface area contributed by atoms with Crippen LogP contribution in [0.15, 0.2) is 24.3 Å². The average Bonchev–Trinajstić information content (AvgIpc) is 2.49. The summed E-state index contributed by atoms with van der Waals surface area (Å²) in [6.45, 7) is 2.20. The van der Waals surface area contributed by atoms with E-state index < -0.39 is 6.61 Å². The topological polar surface area (TPSA) is 43.8 Å². The third kappa shape index (κ3) is 3.77. The Hall–Kier alpha value is -1.46. The molecule has 1 aromatic carbocycles. The summed E-state index contributed by atoms with van der Waals surface area (Å²) < 4.78 is 12.8. The smallest absolute Gasteiger partial charge is 0.248 e. The fourth-order valence-corrected chi connectivity index (χ4v) is 2.63. The molecule has 0 saturated carbocycles. The predicted octanol–water partition coefficient (Wildman–Crippen LogP) is 1.24. The monoisotopic (exact) mass is 280 g/mol. The fourth-order valence-electron chi connectivity index (χ4n) is 2.63. The van der Waals surface area contributed by atoms with Crippen LogP contribution in [0.1, 0.15) is 18.4 Å². The summed E-state index contributed by atoms with van der Waals surface area (Å²) >= 11 is 0. The molecule has 2 rings (SSSR count). The first kappa shape index (κ1) is 14.9. The number of nitrogens with zero attached hydrogens (tertiary/aromatic N) is 2. The molecule has 1 aromatic rings. The quantitative estimate of drug-likeness (QED) is 0.902. The number of likely N-dealkylation sites (N-methyl/N-ethyl adjacent to an activating group) is 1. The van der Waals surface area contributed by atoms with Gasteiger partial charge in [0.2, 0.25) is 5.91 Å². The van der Waals surface area contributed by atoms with E-state index in [0.717, 1.165) is 38.0 Å². The Bertz CT molecular complexity index is 442. The van der Waals surface area contributed by atoms with E-state index in [4.69, 9.17) is 5.11 Å². The second-order valence-corrected chi connectivity index (χ2v) is 5.30. The molecular formula is C15H21FN2O2. The minimum absolute atomic E-state index is 0.208. The van der Waals surface area contributed by atoms with Crippen molar-refractivity contribution >= 4 is 5.91 Å². The lowest BCUT2D eigenvalue weighted by Gasteiger charge is -2.36. The van der Waals surface area contributed by atoms with Crippen molar-refractivity contribution in [2.45, 2.75) is 25.4 Å². The second-order valence-electron chi connectivity index (χ2n) is 5.30.